The maximum atomic E-state index is 9.00. The zero-order valence-corrected chi connectivity index (χ0v) is 11.4. The van der Waals surface area contributed by atoms with Gasteiger partial charge in [0.2, 0.25) is 0 Å². The highest BCUT2D eigenvalue weighted by atomic mass is 16.2. The molecule has 0 spiro atoms. The zero-order valence-electron chi connectivity index (χ0n) is 11.4. The van der Waals surface area contributed by atoms with Crippen molar-refractivity contribution in [3.63, 3.8) is 0 Å². The fraction of sp³-hybridized carbons (Fsp3) is 0.923. The summed E-state index contributed by atoms with van der Waals surface area (Å²) in [6, 6.07) is -0.833. The largest absolute Gasteiger partial charge is 0.352 e. The van der Waals surface area contributed by atoms with Crippen molar-refractivity contribution < 1.29 is 4.79 Å². The van der Waals surface area contributed by atoms with Gasteiger partial charge in [0, 0.05) is 0 Å². The Morgan fingerprint density at radius 1 is 0.765 bits per heavy atom. The average molecular weight is 245 g/mol. The average Bonchev–Trinajstić information content (AvgIpc) is 2.26. The van der Waals surface area contributed by atoms with E-state index in [1.165, 1.54) is 64.2 Å². The lowest BCUT2D eigenvalue weighted by Gasteiger charge is -2.00. The van der Waals surface area contributed by atoms with E-state index in [9.17, 15) is 0 Å². The third-order valence-electron chi connectivity index (χ3n) is 2.56. The van der Waals surface area contributed by atoms with Gasteiger partial charge in [-0.1, -0.05) is 64.7 Å². The molecule has 0 bridgehead atoms. The molecular weight excluding hydrogens is 214 g/mol. The predicted octanol–water partition coefficient (Wildman–Crippen LogP) is 2.89. The van der Waals surface area contributed by atoms with E-state index in [1.807, 2.05) is 0 Å². The van der Waals surface area contributed by atoms with Crippen molar-refractivity contribution in [2.45, 2.75) is 71.1 Å². The first-order chi connectivity index (χ1) is 8.15. The lowest BCUT2D eigenvalue weighted by molar-refractivity contribution is 0.256. The minimum absolute atomic E-state index is 0.833. The summed E-state index contributed by atoms with van der Waals surface area (Å²) in [6.07, 6.45) is 13.9. The van der Waals surface area contributed by atoms with Crippen molar-refractivity contribution in [1.82, 2.24) is 0 Å². The maximum Gasteiger partial charge on any atom is 0.309 e. The van der Waals surface area contributed by atoms with E-state index in [0.29, 0.717) is 0 Å². The summed E-state index contributed by atoms with van der Waals surface area (Å²) in [7, 11) is 0. The van der Waals surface area contributed by atoms with Crippen LogP contribution in [0.2, 0.25) is 0 Å². The van der Waals surface area contributed by atoms with E-state index in [0.717, 1.165) is 6.54 Å². The number of carbonyl (C=O) groups excluding carboxylic acids is 1. The molecule has 0 atom stereocenters. The third-order valence-corrected chi connectivity index (χ3v) is 2.56. The molecule has 2 amide bonds. The summed E-state index contributed by atoms with van der Waals surface area (Å²) in [5.74, 6) is 0. The summed E-state index contributed by atoms with van der Waals surface area (Å²) in [5.41, 5.74) is 13.9. The van der Waals surface area contributed by atoms with Crippen molar-refractivity contribution >= 4 is 6.03 Å². The van der Waals surface area contributed by atoms with E-state index in [1.54, 1.807) is 0 Å². The molecule has 0 aliphatic heterocycles. The van der Waals surface area contributed by atoms with Crippen LogP contribution in [-0.4, -0.2) is 12.6 Å². The van der Waals surface area contributed by atoms with Crippen LogP contribution in [-0.2, 0) is 0 Å². The van der Waals surface area contributed by atoms with Gasteiger partial charge in [0.15, 0.2) is 0 Å². The van der Waals surface area contributed by atoms with Gasteiger partial charge in [-0.25, -0.2) is 4.79 Å². The molecule has 6 N–H and O–H groups in total. The molecule has 0 rings (SSSR count). The molecule has 0 aliphatic carbocycles. The molecule has 0 radical (unpaired) electrons. The molecule has 0 saturated heterocycles. The second-order valence-electron chi connectivity index (χ2n) is 4.37. The maximum absolute atomic E-state index is 9.00. The van der Waals surface area contributed by atoms with Crippen LogP contribution < -0.4 is 17.2 Å². The smallest absolute Gasteiger partial charge is 0.309 e. The standard InChI is InChI=1S/C12H27N.CH4N2O/c1-2-3-4-5-6-7-8-9-10-11-12-13;2-1(3)4/h2-13H2,1H3;(H4,2,3,4). The van der Waals surface area contributed by atoms with Crippen molar-refractivity contribution in [3.8, 4) is 0 Å². The van der Waals surface area contributed by atoms with Crippen LogP contribution >= 0.6 is 0 Å². The third kappa shape index (κ3) is 31.3. The van der Waals surface area contributed by atoms with Gasteiger partial charge in [-0.3, -0.25) is 0 Å². The molecule has 0 saturated carbocycles. The second kappa shape index (κ2) is 17.6. The highest BCUT2D eigenvalue weighted by Crippen LogP contribution is 2.09. The number of rotatable bonds is 10. The molecule has 0 aromatic rings. The Bertz CT molecular complexity index is 138. The summed E-state index contributed by atoms with van der Waals surface area (Å²) in [4.78, 5) is 9.00. The van der Waals surface area contributed by atoms with Crippen LogP contribution in [0.5, 0.6) is 0 Å². The van der Waals surface area contributed by atoms with Crippen LogP contribution in [0.25, 0.3) is 0 Å². The van der Waals surface area contributed by atoms with Gasteiger partial charge in [0.05, 0.1) is 0 Å². The molecule has 4 nitrogen and oxygen atoms in total. The van der Waals surface area contributed by atoms with Crippen LogP contribution in [0.4, 0.5) is 4.79 Å². The number of hydrogen-bond acceptors (Lipinski definition) is 2. The molecule has 0 aromatic carbocycles. The van der Waals surface area contributed by atoms with Crippen LogP contribution in [0.15, 0.2) is 0 Å². The number of unbranched alkanes of at least 4 members (excludes halogenated alkanes) is 9. The molecule has 0 unspecified atom stereocenters. The number of primary amides is 2. The summed E-state index contributed by atoms with van der Waals surface area (Å²) >= 11 is 0. The fourth-order valence-corrected chi connectivity index (χ4v) is 1.63. The molecule has 0 aromatic heterocycles. The monoisotopic (exact) mass is 245 g/mol. The van der Waals surface area contributed by atoms with Crippen molar-refractivity contribution in [2.75, 3.05) is 6.54 Å². The van der Waals surface area contributed by atoms with Gasteiger partial charge in [-0.05, 0) is 13.0 Å². The minimum atomic E-state index is -0.833. The van der Waals surface area contributed by atoms with Gasteiger partial charge in [0.1, 0.15) is 0 Å². The fourth-order valence-electron chi connectivity index (χ4n) is 1.63. The number of nitrogens with two attached hydrogens (primary N) is 3. The number of carbonyl (C=O) groups is 1. The van der Waals surface area contributed by atoms with E-state index < -0.39 is 6.03 Å². The first-order valence-electron chi connectivity index (χ1n) is 6.90. The highest BCUT2D eigenvalue weighted by Gasteiger charge is 1.91. The van der Waals surface area contributed by atoms with E-state index in [2.05, 4.69) is 18.4 Å². The number of hydrogen-bond donors (Lipinski definition) is 3. The Morgan fingerprint density at radius 3 is 1.35 bits per heavy atom. The SMILES string of the molecule is CCCCCCCCCCCCN.NC(N)=O. The second-order valence-corrected chi connectivity index (χ2v) is 4.37. The Labute approximate surface area is 106 Å². The summed E-state index contributed by atoms with van der Waals surface area (Å²) in [5, 5.41) is 0. The molecule has 17 heavy (non-hydrogen) atoms. The van der Waals surface area contributed by atoms with Crippen LogP contribution in [0.3, 0.4) is 0 Å². The summed E-state index contributed by atoms with van der Waals surface area (Å²) < 4.78 is 0. The van der Waals surface area contributed by atoms with Crippen molar-refractivity contribution in [2.24, 2.45) is 17.2 Å². The molecule has 104 valence electrons. The van der Waals surface area contributed by atoms with Gasteiger partial charge in [-0.15, -0.1) is 0 Å². The summed E-state index contributed by atoms with van der Waals surface area (Å²) in [6.45, 7) is 3.14. The Morgan fingerprint density at radius 2 is 1.06 bits per heavy atom. The molecule has 0 aliphatic rings. The Kier molecular flexibility index (Phi) is 19.3. The normalized spacial score (nSPS) is 9.53. The quantitative estimate of drug-likeness (QED) is 0.516. The topological polar surface area (TPSA) is 95.1 Å². The van der Waals surface area contributed by atoms with Gasteiger partial charge in [0.25, 0.3) is 0 Å². The molecular formula is C13H31N3O. The minimum Gasteiger partial charge on any atom is -0.352 e. The first kappa shape index (κ1) is 18.6. The van der Waals surface area contributed by atoms with E-state index in [-0.39, 0.29) is 0 Å². The van der Waals surface area contributed by atoms with Gasteiger partial charge >= 0.3 is 6.03 Å². The van der Waals surface area contributed by atoms with Crippen molar-refractivity contribution in [1.29, 1.82) is 0 Å². The Hall–Kier alpha value is -0.770. The van der Waals surface area contributed by atoms with Crippen LogP contribution in [0, 0.1) is 0 Å². The zero-order chi connectivity index (χ0) is 13.4. The molecule has 0 heterocycles. The highest BCUT2D eigenvalue weighted by molar-refractivity contribution is 5.69. The van der Waals surface area contributed by atoms with Gasteiger partial charge < -0.3 is 17.2 Å². The van der Waals surface area contributed by atoms with Crippen LogP contribution in [0.1, 0.15) is 71.1 Å². The lowest BCUT2D eigenvalue weighted by Crippen LogP contribution is -2.18. The van der Waals surface area contributed by atoms with Gasteiger partial charge in [-0.2, -0.15) is 0 Å². The first-order valence-corrected chi connectivity index (χ1v) is 6.90. The molecule has 0 fully saturated rings. The number of amides is 2. The van der Waals surface area contributed by atoms with E-state index >= 15 is 0 Å². The van der Waals surface area contributed by atoms with E-state index in [4.69, 9.17) is 10.5 Å². The molecule has 4 heteroatoms. The predicted molar refractivity (Wildman–Crippen MR) is 74.7 cm³/mol. The Balaban J connectivity index is 0. The van der Waals surface area contributed by atoms with Crippen molar-refractivity contribution in [3.05, 3.63) is 0 Å². The lowest BCUT2D eigenvalue weighted by atomic mass is 10.1. The number of urea groups is 1.